The molecule has 2 aromatic heterocycles. The number of anilines is 1. The standard InChI is InChI=1S/C23H17F4N3O4/c1-32-13-2-4-14(5-3-13)33-12-15-6-7-19(34-15)23(31)28-20-8-9-30(29-20)11-16-21(26)17(24)10-18(25)22(16)27/h2-10H,11-12H2,1H3,(H,28,29,31). The zero-order valence-corrected chi connectivity index (χ0v) is 17.6. The van der Waals surface area contributed by atoms with Gasteiger partial charge in [0.25, 0.3) is 5.91 Å². The fraction of sp³-hybridized carbons (Fsp3) is 0.130. The molecule has 0 atom stereocenters. The summed E-state index contributed by atoms with van der Waals surface area (Å²) in [6, 6.07) is 11.4. The minimum absolute atomic E-state index is 0.0211. The van der Waals surface area contributed by atoms with Gasteiger partial charge < -0.3 is 19.2 Å². The molecule has 4 aromatic rings. The lowest BCUT2D eigenvalue weighted by Gasteiger charge is -2.07. The van der Waals surface area contributed by atoms with Crippen molar-refractivity contribution in [3.8, 4) is 11.5 Å². The minimum atomic E-state index is -1.51. The first-order valence-corrected chi connectivity index (χ1v) is 9.86. The van der Waals surface area contributed by atoms with Crippen molar-refractivity contribution in [2.45, 2.75) is 13.2 Å². The van der Waals surface area contributed by atoms with E-state index < -0.39 is 41.3 Å². The van der Waals surface area contributed by atoms with E-state index in [1.807, 2.05) is 0 Å². The lowest BCUT2D eigenvalue weighted by atomic mass is 10.2. The van der Waals surface area contributed by atoms with E-state index in [0.29, 0.717) is 17.3 Å². The number of benzene rings is 2. The third-order valence-electron chi connectivity index (χ3n) is 4.73. The molecule has 2 aromatic carbocycles. The molecule has 2 heterocycles. The van der Waals surface area contributed by atoms with Crippen LogP contribution < -0.4 is 14.8 Å². The van der Waals surface area contributed by atoms with Gasteiger partial charge in [-0.3, -0.25) is 9.48 Å². The van der Waals surface area contributed by atoms with Gasteiger partial charge >= 0.3 is 0 Å². The number of methoxy groups -OCH3 is 1. The van der Waals surface area contributed by atoms with E-state index in [9.17, 15) is 22.4 Å². The molecular formula is C23H17F4N3O4. The van der Waals surface area contributed by atoms with Gasteiger partial charge in [0, 0.05) is 18.3 Å². The van der Waals surface area contributed by atoms with E-state index in [2.05, 4.69) is 10.4 Å². The molecule has 11 heteroatoms. The number of amides is 1. The maximum Gasteiger partial charge on any atom is 0.292 e. The number of ether oxygens (including phenoxy) is 2. The molecule has 4 rings (SSSR count). The van der Waals surface area contributed by atoms with Crippen LogP contribution in [0.25, 0.3) is 0 Å². The number of carbonyl (C=O) groups is 1. The molecule has 176 valence electrons. The van der Waals surface area contributed by atoms with Gasteiger partial charge in [-0.05, 0) is 36.4 Å². The maximum atomic E-state index is 13.9. The topological polar surface area (TPSA) is 78.5 Å². The Morgan fingerprint density at radius 3 is 2.35 bits per heavy atom. The summed E-state index contributed by atoms with van der Waals surface area (Å²) in [4.78, 5) is 12.4. The van der Waals surface area contributed by atoms with Gasteiger partial charge in [-0.2, -0.15) is 5.10 Å². The second kappa shape index (κ2) is 9.69. The second-order valence-corrected chi connectivity index (χ2v) is 7.03. The molecule has 0 bridgehead atoms. The predicted octanol–water partition coefficient (Wildman–Crippen LogP) is 4.92. The van der Waals surface area contributed by atoms with Crippen LogP contribution >= 0.6 is 0 Å². The van der Waals surface area contributed by atoms with Crippen LogP contribution in [0.2, 0.25) is 0 Å². The average Bonchev–Trinajstić information content (AvgIpc) is 3.49. The molecule has 0 unspecified atom stereocenters. The van der Waals surface area contributed by atoms with Gasteiger partial charge in [-0.25, -0.2) is 17.6 Å². The van der Waals surface area contributed by atoms with E-state index in [0.717, 1.165) is 4.68 Å². The highest BCUT2D eigenvalue weighted by atomic mass is 19.2. The normalized spacial score (nSPS) is 10.9. The lowest BCUT2D eigenvalue weighted by Crippen LogP contribution is -2.13. The van der Waals surface area contributed by atoms with Gasteiger partial charge in [0.1, 0.15) is 23.9 Å². The Balaban J connectivity index is 1.36. The molecule has 1 amide bonds. The summed E-state index contributed by atoms with van der Waals surface area (Å²) in [5.41, 5.74) is -0.828. The number of halogens is 4. The average molecular weight is 475 g/mol. The third-order valence-corrected chi connectivity index (χ3v) is 4.73. The summed E-state index contributed by atoms with van der Waals surface area (Å²) in [5, 5.41) is 6.40. The summed E-state index contributed by atoms with van der Waals surface area (Å²) in [5.74, 6) is -5.01. The lowest BCUT2D eigenvalue weighted by molar-refractivity contribution is 0.0992. The highest BCUT2D eigenvalue weighted by Crippen LogP contribution is 2.21. The third kappa shape index (κ3) is 5.03. The van der Waals surface area contributed by atoms with E-state index >= 15 is 0 Å². The molecule has 0 fully saturated rings. The monoisotopic (exact) mass is 475 g/mol. The highest BCUT2D eigenvalue weighted by Gasteiger charge is 2.20. The molecule has 34 heavy (non-hydrogen) atoms. The Labute approximate surface area is 190 Å². The molecule has 0 spiro atoms. The number of furan rings is 1. The number of carbonyl (C=O) groups excluding carboxylic acids is 1. The van der Waals surface area contributed by atoms with Crippen molar-refractivity contribution in [2.75, 3.05) is 12.4 Å². The molecule has 0 aliphatic carbocycles. The number of nitrogens with one attached hydrogen (secondary N) is 1. The van der Waals surface area contributed by atoms with Crippen molar-refractivity contribution in [1.82, 2.24) is 9.78 Å². The summed E-state index contributed by atoms with van der Waals surface area (Å²) < 4.78 is 71.6. The van der Waals surface area contributed by atoms with E-state index in [4.69, 9.17) is 13.9 Å². The Morgan fingerprint density at radius 1 is 1.00 bits per heavy atom. The highest BCUT2D eigenvalue weighted by molar-refractivity contribution is 6.01. The number of aromatic nitrogens is 2. The molecule has 0 saturated carbocycles. The SMILES string of the molecule is COc1ccc(OCc2ccc(C(=O)Nc3ccn(Cc4c(F)c(F)cc(F)c4F)n3)o2)cc1. The number of rotatable bonds is 8. The van der Waals surface area contributed by atoms with Crippen LogP contribution in [0.4, 0.5) is 23.4 Å². The first-order chi connectivity index (χ1) is 16.3. The quantitative estimate of drug-likeness (QED) is 0.289. The Kier molecular flexibility index (Phi) is 6.53. The van der Waals surface area contributed by atoms with Crippen molar-refractivity contribution in [1.29, 1.82) is 0 Å². The van der Waals surface area contributed by atoms with Crippen molar-refractivity contribution >= 4 is 11.7 Å². The molecule has 7 nitrogen and oxygen atoms in total. The number of hydrogen-bond donors (Lipinski definition) is 1. The Bertz CT molecular complexity index is 1290. The molecule has 0 saturated heterocycles. The van der Waals surface area contributed by atoms with Crippen LogP contribution in [0.3, 0.4) is 0 Å². The van der Waals surface area contributed by atoms with Crippen LogP contribution in [0.5, 0.6) is 11.5 Å². The summed E-state index contributed by atoms with van der Waals surface area (Å²) in [6.45, 7) is -0.509. The fourth-order valence-corrected chi connectivity index (χ4v) is 3.02. The number of nitrogens with zero attached hydrogens (tertiary/aromatic N) is 2. The Morgan fingerprint density at radius 2 is 1.68 bits per heavy atom. The van der Waals surface area contributed by atoms with Crippen LogP contribution in [0.1, 0.15) is 21.9 Å². The summed E-state index contributed by atoms with van der Waals surface area (Å²) in [6.07, 6.45) is 1.29. The van der Waals surface area contributed by atoms with Crippen molar-refractivity contribution in [3.05, 3.63) is 95.1 Å². The predicted molar refractivity (Wildman–Crippen MR) is 112 cm³/mol. The fourth-order valence-electron chi connectivity index (χ4n) is 3.02. The zero-order chi connectivity index (χ0) is 24.2. The molecule has 0 radical (unpaired) electrons. The minimum Gasteiger partial charge on any atom is -0.497 e. The van der Waals surface area contributed by atoms with Gasteiger partial charge in [0.15, 0.2) is 34.8 Å². The second-order valence-electron chi connectivity index (χ2n) is 7.03. The molecule has 0 aliphatic rings. The zero-order valence-electron chi connectivity index (χ0n) is 17.6. The first kappa shape index (κ1) is 22.9. The van der Waals surface area contributed by atoms with E-state index in [-0.39, 0.29) is 24.3 Å². The summed E-state index contributed by atoms with van der Waals surface area (Å²) >= 11 is 0. The van der Waals surface area contributed by atoms with Crippen molar-refractivity contribution in [3.63, 3.8) is 0 Å². The van der Waals surface area contributed by atoms with Crippen LogP contribution in [0, 0.1) is 23.3 Å². The summed E-state index contributed by atoms with van der Waals surface area (Å²) in [7, 11) is 1.56. The van der Waals surface area contributed by atoms with Crippen LogP contribution in [0.15, 0.2) is 59.1 Å². The smallest absolute Gasteiger partial charge is 0.292 e. The van der Waals surface area contributed by atoms with Crippen LogP contribution in [-0.4, -0.2) is 22.8 Å². The maximum absolute atomic E-state index is 13.9. The molecule has 1 N–H and O–H groups in total. The number of hydrogen-bond acceptors (Lipinski definition) is 5. The molecular weight excluding hydrogens is 458 g/mol. The van der Waals surface area contributed by atoms with E-state index in [1.165, 1.54) is 18.3 Å². The van der Waals surface area contributed by atoms with Crippen molar-refractivity contribution in [2.24, 2.45) is 0 Å². The first-order valence-electron chi connectivity index (χ1n) is 9.86. The Hall–Kier alpha value is -4.28. The van der Waals surface area contributed by atoms with Gasteiger partial charge in [0.05, 0.1) is 19.2 Å². The largest absolute Gasteiger partial charge is 0.497 e. The van der Waals surface area contributed by atoms with Crippen molar-refractivity contribution < 1.29 is 36.2 Å². The van der Waals surface area contributed by atoms with Crippen LogP contribution in [-0.2, 0) is 13.2 Å². The van der Waals surface area contributed by atoms with E-state index in [1.54, 1.807) is 37.4 Å². The van der Waals surface area contributed by atoms with Gasteiger partial charge in [-0.1, -0.05) is 0 Å². The molecule has 0 aliphatic heterocycles. The van der Waals surface area contributed by atoms with Gasteiger partial charge in [-0.15, -0.1) is 0 Å². The van der Waals surface area contributed by atoms with Gasteiger partial charge in [0.2, 0.25) is 0 Å².